The second-order valence-electron chi connectivity index (χ2n) is 5.05. The molecule has 1 aromatic rings. The van der Waals surface area contributed by atoms with E-state index in [9.17, 15) is 13.6 Å². The lowest BCUT2D eigenvalue weighted by Crippen LogP contribution is -2.31. The fraction of sp³-hybridized carbons (Fsp3) is 0.500. The lowest BCUT2D eigenvalue weighted by molar-refractivity contribution is -0.138. The van der Waals surface area contributed by atoms with Gasteiger partial charge in [0.15, 0.2) is 0 Å². The number of benzene rings is 1. The van der Waals surface area contributed by atoms with Crippen molar-refractivity contribution in [3.8, 4) is 0 Å². The van der Waals surface area contributed by atoms with Gasteiger partial charge in [0.2, 0.25) is 0 Å². The summed E-state index contributed by atoms with van der Waals surface area (Å²) in [5.41, 5.74) is 0.863. The molecule has 3 nitrogen and oxygen atoms in total. The highest BCUT2D eigenvalue weighted by molar-refractivity contribution is 5.69. The third-order valence-electron chi connectivity index (χ3n) is 3.21. The number of hydrogen-bond donors (Lipinski definition) is 1. The molecule has 0 bridgehead atoms. The van der Waals surface area contributed by atoms with Crippen LogP contribution in [0.25, 0.3) is 0 Å². The van der Waals surface area contributed by atoms with Crippen LogP contribution in [0.4, 0.5) is 8.78 Å². The van der Waals surface area contributed by atoms with E-state index < -0.39 is 12.4 Å². The van der Waals surface area contributed by atoms with Crippen molar-refractivity contribution in [3.63, 3.8) is 0 Å². The van der Waals surface area contributed by atoms with Crippen molar-refractivity contribution in [3.05, 3.63) is 35.4 Å². The average Bonchev–Trinajstić information content (AvgIpc) is 3.12. The molecule has 5 heteroatoms. The molecule has 0 unspecified atom stereocenters. The van der Waals surface area contributed by atoms with Crippen LogP contribution in [-0.4, -0.2) is 29.1 Å². The van der Waals surface area contributed by atoms with Gasteiger partial charge in [0.25, 0.3) is 6.43 Å². The summed E-state index contributed by atoms with van der Waals surface area (Å²) in [6, 6.07) is 6.08. The van der Waals surface area contributed by atoms with Crippen LogP contribution in [0.3, 0.4) is 0 Å². The Balaban J connectivity index is 1.96. The van der Waals surface area contributed by atoms with Gasteiger partial charge in [-0.3, -0.25) is 9.69 Å². The molecular weight excluding hydrogens is 252 g/mol. The third kappa shape index (κ3) is 4.59. The van der Waals surface area contributed by atoms with Crippen LogP contribution >= 0.6 is 0 Å². The van der Waals surface area contributed by atoms with Crippen molar-refractivity contribution in [1.29, 1.82) is 0 Å². The summed E-state index contributed by atoms with van der Waals surface area (Å²) in [5, 5.41) is 8.87. The minimum absolute atomic E-state index is 0.00396. The van der Waals surface area contributed by atoms with Gasteiger partial charge < -0.3 is 5.11 Å². The number of nitrogens with zero attached hydrogens (tertiary/aromatic N) is 1. The molecular formula is C14H17F2NO2. The molecule has 1 aliphatic carbocycles. The largest absolute Gasteiger partial charge is 0.480 e. The zero-order valence-electron chi connectivity index (χ0n) is 10.6. The van der Waals surface area contributed by atoms with Crippen molar-refractivity contribution in [2.75, 3.05) is 13.1 Å². The van der Waals surface area contributed by atoms with Crippen LogP contribution in [0.2, 0.25) is 0 Å². The molecule has 1 fully saturated rings. The second kappa shape index (κ2) is 6.10. The molecule has 1 N–H and O–H groups in total. The highest BCUT2D eigenvalue weighted by atomic mass is 19.3. The Morgan fingerprint density at radius 3 is 2.42 bits per heavy atom. The normalized spacial score (nSPS) is 15.2. The van der Waals surface area contributed by atoms with Gasteiger partial charge in [-0.05, 0) is 24.3 Å². The molecule has 0 spiro atoms. The number of halogens is 2. The number of carboxylic acid groups (broad SMARTS) is 1. The summed E-state index contributed by atoms with van der Waals surface area (Å²) in [6.07, 6.45) is -0.156. The van der Waals surface area contributed by atoms with Gasteiger partial charge in [0.1, 0.15) is 0 Å². The molecule has 0 amide bonds. The molecule has 1 aromatic carbocycles. The summed E-state index contributed by atoms with van der Waals surface area (Å²) in [6.45, 7) is 1.25. The highest BCUT2D eigenvalue weighted by Crippen LogP contribution is 2.30. The van der Waals surface area contributed by atoms with E-state index in [1.165, 1.54) is 12.1 Å². The van der Waals surface area contributed by atoms with Crippen LogP contribution in [0.15, 0.2) is 24.3 Å². The van der Waals surface area contributed by atoms with Crippen molar-refractivity contribution in [2.45, 2.75) is 25.8 Å². The second-order valence-corrected chi connectivity index (χ2v) is 5.05. The van der Waals surface area contributed by atoms with Gasteiger partial charge in [0, 0.05) is 18.7 Å². The fourth-order valence-electron chi connectivity index (χ4n) is 2.07. The Labute approximate surface area is 110 Å². The van der Waals surface area contributed by atoms with Gasteiger partial charge in [-0.25, -0.2) is 8.78 Å². The predicted molar refractivity (Wildman–Crippen MR) is 67.0 cm³/mol. The molecule has 19 heavy (non-hydrogen) atoms. The predicted octanol–water partition coefficient (Wildman–Crippen LogP) is 2.92. The van der Waals surface area contributed by atoms with E-state index in [0.29, 0.717) is 12.5 Å². The lowest BCUT2D eigenvalue weighted by Gasteiger charge is -2.20. The maximum absolute atomic E-state index is 12.4. The number of hydrogen-bond acceptors (Lipinski definition) is 2. The Morgan fingerprint density at radius 1 is 1.32 bits per heavy atom. The number of carbonyl (C=O) groups is 1. The maximum Gasteiger partial charge on any atom is 0.317 e. The van der Waals surface area contributed by atoms with E-state index >= 15 is 0 Å². The first-order valence-electron chi connectivity index (χ1n) is 6.35. The quantitative estimate of drug-likeness (QED) is 0.827. The van der Waals surface area contributed by atoms with E-state index in [0.717, 1.165) is 24.9 Å². The highest BCUT2D eigenvalue weighted by Gasteiger charge is 2.25. The SMILES string of the molecule is O=C(O)CN(Cc1ccc(C(F)F)cc1)CC1CC1. The van der Waals surface area contributed by atoms with Crippen LogP contribution in [-0.2, 0) is 11.3 Å². The Morgan fingerprint density at radius 2 is 1.95 bits per heavy atom. The molecule has 0 aliphatic heterocycles. The molecule has 0 aromatic heterocycles. The Kier molecular flexibility index (Phi) is 4.47. The standard InChI is InChI=1S/C14H17F2NO2/c15-14(16)12-5-3-11(4-6-12)8-17(9-13(18)19)7-10-1-2-10/h3-6,10,14H,1-2,7-9H2,(H,18,19). The zero-order valence-corrected chi connectivity index (χ0v) is 10.6. The lowest BCUT2D eigenvalue weighted by atomic mass is 10.1. The number of aliphatic carboxylic acids is 1. The topological polar surface area (TPSA) is 40.5 Å². The van der Waals surface area contributed by atoms with Gasteiger partial charge in [-0.2, -0.15) is 0 Å². The van der Waals surface area contributed by atoms with Crippen molar-refractivity contribution < 1.29 is 18.7 Å². The molecule has 0 heterocycles. The summed E-state index contributed by atoms with van der Waals surface area (Å²) >= 11 is 0. The van der Waals surface area contributed by atoms with Crippen molar-refractivity contribution in [1.82, 2.24) is 4.90 Å². The van der Waals surface area contributed by atoms with Crippen LogP contribution in [0.5, 0.6) is 0 Å². The Hall–Kier alpha value is -1.49. The summed E-state index contributed by atoms with van der Waals surface area (Å²) in [4.78, 5) is 12.7. The molecule has 1 aliphatic rings. The van der Waals surface area contributed by atoms with E-state index in [2.05, 4.69) is 0 Å². The van der Waals surface area contributed by atoms with Crippen LogP contribution < -0.4 is 0 Å². The summed E-state index contributed by atoms with van der Waals surface area (Å²) < 4.78 is 24.9. The summed E-state index contributed by atoms with van der Waals surface area (Å²) in [5.74, 6) is -0.260. The zero-order chi connectivity index (χ0) is 13.8. The Bertz CT molecular complexity index is 430. The minimum Gasteiger partial charge on any atom is -0.480 e. The minimum atomic E-state index is -2.46. The summed E-state index contributed by atoms with van der Waals surface area (Å²) in [7, 11) is 0. The number of rotatable bonds is 7. The van der Waals surface area contributed by atoms with E-state index in [1.807, 2.05) is 4.90 Å². The van der Waals surface area contributed by atoms with Gasteiger partial charge in [0.05, 0.1) is 6.54 Å². The van der Waals surface area contributed by atoms with E-state index in [-0.39, 0.29) is 12.1 Å². The van der Waals surface area contributed by atoms with Crippen LogP contribution in [0.1, 0.15) is 30.4 Å². The molecule has 104 valence electrons. The van der Waals surface area contributed by atoms with E-state index in [1.54, 1.807) is 12.1 Å². The molecule has 0 radical (unpaired) electrons. The molecule has 1 saturated carbocycles. The average molecular weight is 269 g/mol. The maximum atomic E-state index is 12.4. The monoisotopic (exact) mass is 269 g/mol. The molecule has 0 saturated heterocycles. The number of alkyl halides is 2. The first-order valence-corrected chi connectivity index (χ1v) is 6.35. The van der Waals surface area contributed by atoms with Gasteiger partial charge in [-0.1, -0.05) is 24.3 Å². The molecule has 0 atom stereocenters. The van der Waals surface area contributed by atoms with Gasteiger partial charge >= 0.3 is 5.97 Å². The van der Waals surface area contributed by atoms with Crippen molar-refractivity contribution >= 4 is 5.97 Å². The van der Waals surface area contributed by atoms with Gasteiger partial charge in [-0.15, -0.1) is 0 Å². The number of carboxylic acids is 1. The third-order valence-corrected chi connectivity index (χ3v) is 3.21. The first kappa shape index (κ1) is 13.9. The smallest absolute Gasteiger partial charge is 0.317 e. The van der Waals surface area contributed by atoms with E-state index in [4.69, 9.17) is 5.11 Å². The molecule has 2 rings (SSSR count). The van der Waals surface area contributed by atoms with Crippen LogP contribution in [0, 0.1) is 5.92 Å². The van der Waals surface area contributed by atoms with Crippen molar-refractivity contribution in [2.24, 2.45) is 5.92 Å². The first-order chi connectivity index (χ1) is 9.04. The fourth-order valence-corrected chi connectivity index (χ4v) is 2.07.